The molecule has 1 saturated heterocycles. The molecule has 0 saturated carbocycles. The van der Waals surface area contributed by atoms with Gasteiger partial charge in [0.25, 0.3) is 0 Å². The maximum Gasteiger partial charge on any atom is 0.308 e. The summed E-state index contributed by atoms with van der Waals surface area (Å²) in [6.45, 7) is 3.66. The smallest absolute Gasteiger partial charge is 0.308 e. The van der Waals surface area contributed by atoms with Crippen molar-refractivity contribution in [2.45, 2.75) is 36.6 Å². The molecule has 2 aliphatic heterocycles. The summed E-state index contributed by atoms with van der Waals surface area (Å²) in [5.74, 6) is -1.46. The van der Waals surface area contributed by atoms with Crippen LogP contribution in [0.3, 0.4) is 0 Å². The number of aromatic nitrogens is 1. The topological polar surface area (TPSA) is 107 Å². The van der Waals surface area contributed by atoms with Crippen LogP contribution in [0.1, 0.15) is 27.5 Å². The Kier molecular flexibility index (Phi) is 7.61. The van der Waals surface area contributed by atoms with Gasteiger partial charge in [-0.3, -0.25) is 23.7 Å². The fourth-order valence-corrected chi connectivity index (χ4v) is 8.36. The van der Waals surface area contributed by atoms with Crippen molar-refractivity contribution in [3.8, 4) is 11.5 Å². The van der Waals surface area contributed by atoms with Gasteiger partial charge in [0, 0.05) is 16.5 Å². The van der Waals surface area contributed by atoms with Crippen molar-refractivity contribution in [3.05, 3.63) is 98.0 Å². The van der Waals surface area contributed by atoms with Crippen LogP contribution in [0.25, 0.3) is 0 Å². The summed E-state index contributed by atoms with van der Waals surface area (Å²) in [5.41, 5.74) is 3.89. The molecule has 11 heteroatoms. The fraction of sp³-hybridized carbons (Fsp3) is 0.250. The summed E-state index contributed by atoms with van der Waals surface area (Å²) in [7, 11) is 3.06. The van der Waals surface area contributed by atoms with Crippen molar-refractivity contribution in [2.24, 2.45) is 5.92 Å². The number of nitrogens with one attached hydrogen (secondary N) is 1. The van der Waals surface area contributed by atoms with Crippen LogP contribution in [-0.2, 0) is 20.9 Å². The van der Waals surface area contributed by atoms with Gasteiger partial charge in [-0.05, 0) is 55.8 Å². The number of carbonyl (C=O) groups excluding carboxylic acids is 3. The lowest BCUT2D eigenvalue weighted by molar-refractivity contribution is -0.122. The van der Waals surface area contributed by atoms with Gasteiger partial charge < -0.3 is 14.8 Å². The molecule has 9 nitrogen and oxygen atoms in total. The Balaban J connectivity index is 1.43. The van der Waals surface area contributed by atoms with E-state index in [1.54, 1.807) is 36.4 Å². The molecule has 1 fully saturated rings. The van der Waals surface area contributed by atoms with Gasteiger partial charge in [0.05, 0.1) is 30.9 Å². The number of hydrogen-bond donors (Lipinski definition) is 1. The Labute approximate surface area is 256 Å². The van der Waals surface area contributed by atoms with E-state index in [-0.39, 0.29) is 29.1 Å². The fourth-order valence-electron chi connectivity index (χ4n) is 5.59. The third kappa shape index (κ3) is 5.12. The van der Waals surface area contributed by atoms with E-state index >= 15 is 0 Å². The normalized spacial score (nSPS) is 19.2. The number of ether oxygens (including phenoxy) is 2. The SMILES string of the molecule is COc1ccc(C2c3sc(=O)n(CC(=O)Nc4ccc(C)cc4)c3SC3C(=O)N(c4ccc(C)cc4)C(=O)C32)cc1OC. The highest BCUT2D eigenvalue weighted by molar-refractivity contribution is 8.00. The van der Waals surface area contributed by atoms with Gasteiger partial charge in [0.1, 0.15) is 11.8 Å². The minimum atomic E-state index is -0.792. The number of thiazole rings is 1. The summed E-state index contributed by atoms with van der Waals surface area (Å²) in [6, 6.07) is 20.0. The Bertz CT molecular complexity index is 1800. The Morgan fingerprint density at radius 2 is 1.51 bits per heavy atom. The molecule has 0 spiro atoms. The number of benzene rings is 3. The van der Waals surface area contributed by atoms with Gasteiger partial charge in [-0.15, -0.1) is 0 Å². The predicted octanol–water partition coefficient (Wildman–Crippen LogP) is 4.98. The zero-order valence-corrected chi connectivity index (χ0v) is 25.6. The lowest BCUT2D eigenvalue weighted by atomic mass is 9.83. The quantitative estimate of drug-likeness (QED) is 0.293. The molecule has 43 heavy (non-hydrogen) atoms. The van der Waals surface area contributed by atoms with Gasteiger partial charge in [-0.1, -0.05) is 64.6 Å². The Morgan fingerprint density at radius 3 is 2.16 bits per heavy atom. The van der Waals surface area contributed by atoms with Gasteiger partial charge >= 0.3 is 4.87 Å². The highest BCUT2D eigenvalue weighted by Gasteiger charge is 2.57. The second-order valence-electron chi connectivity index (χ2n) is 10.5. The van der Waals surface area contributed by atoms with E-state index in [0.29, 0.717) is 38.3 Å². The summed E-state index contributed by atoms with van der Waals surface area (Å²) in [5, 5.41) is 2.57. The minimum absolute atomic E-state index is 0.231. The number of amides is 3. The van der Waals surface area contributed by atoms with Crippen LogP contribution in [0.15, 0.2) is 76.6 Å². The van der Waals surface area contributed by atoms with Crippen molar-refractivity contribution in [3.63, 3.8) is 0 Å². The Hall–Kier alpha value is -4.35. The number of thioether (sulfide) groups is 1. The van der Waals surface area contributed by atoms with E-state index in [2.05, 4.69) is 5.32 Å². The number of rotatable bonds is 7. The number of methoxy groups -OCH3 is 2. The van der Waals surface area contributed by atoms with E-state index < -0.39 is 17.1 Å². The highest BCUT2D eigenvalue weighted by atomic mass is 32.2. The van der Waals surface area contributed by atoms with E-state index in [9.17, 15) is 19.2 Å². The van der Waals surface area contributed by atoms with Gasteiger partial charge in [-0.25, -0.2) is 4.90 Å². The molecule has 1 aromatic heterocycles. The molecule has 4 aromatic rings. The number of imide groups is 1. The number of nitrogens with zero attached hydrogens (tertiary/aromatic N) is 2. The van der Waals surface area contributed by atoms with Crippen LogP contribution in [0.4, 0.5) is 11.4 Å². The average Bonchev–Trinajstić information content (AvgIpc) is 3.44. The molecule has 3 unspecified atom stereocenters. The molecule has 1 N–H and O–H groups in total. The molecule has 3 heterocycles. The average molecular weight is 616 g/mol. The van der Waals surface area contributed by atoms with Crippen molar-refractivity contribution in [1.82, 2.24) is 4.57 Å². The number of carbonyl (C=O) groups is 3. The maximum absolute atomic E-state index is 14.1. The molecule has 0 radical (unpaired) electrons. The Morgan fingerprint density at radius 1 is 0.860 bits per heavy atom. The van der Waals surface area contributed by atoms with Crippen LogP contribution in [0.2, 0.25) is 0 Å². The maximum atomic E-state index is 14.1. The molecule has 0 bridgehead atoms. The standard InChI is InChI=1S/C32H29N3O6S2/c1-17-5-10-20(11-6-17)33-24(36)16-34-31-28(43-32(34)39)25(19-9-14-22(40-3)23(15-19)41-4)26-27(42-31)30(38)35(29(26)37)21-12-7-18(2)8-13-21/h5-15,25-27H,16H2,1-4H3,(H,33,36). The summed E-state index contributed by atoms with van der Waals surface area (Å²) >= 11 is 2.18. The summed E-state index contributed by atoms with van der Waals surface area (Å²) in [6.07, 6.45) is 0. The monoisotopic (exact) mass is 615 g/mol. The van der Waals surface area contributed by atoms with Gasteiger partial charge in [0.15, 0.2) is 11.5 Å². The van der Waals surface area contributed by atoms with Crippen LogP contribution in [0.5, 0.6) is 11.5 Å². The number of hydrogen-bond acceptors (Lipinski definition) is 8. The molecule has 0 aliphatic carbocycles. The first-order valence-electron chi connectivity index (χ1n) is 13.6. The first-order valence-corrected chi connectivity index (χ1v) is 15.3. The number of anilines is 2. The molecule has 2 aliphatic rings. The molecule has 220 valence electrons. The zero-order valence-electron chi connectivity index (χ0n) is 24.0. The van der Waals surface area contributed by atoms with Crippen molar-refractivity contribution in [1.29, 1.82) is 0 Å². The summed E-state index contributed by atoms with van der Waals surface area (Å²) < 4.78 is 12.4. The predicted molar refractivity (Wildman–Crippen MR) is 167 cm³/mol. The van der Waals surface area contributed by atoms with Crippen LogP contribution < -0.4 is 24.6 Å². The molecular formula is C32H29N3O6S2. The largest absolute Gasteiger partial charge is 0.493 e. The van der Waals surface area contributed by atoms with Crippen molar-refractivity contribution < 1.29 is 23.9 Å². The van der Waals surface area contributed by atoms with Crippen LogP contribution in [0, 0.1) is 19.8 Å². The van der Waals surface area contributed by atoms with E-state index in [0.717, 1.165) is 22.5 Å². The number of aryl methyl sites for hydroxylation is 2. The summed E-state index contributed by atoms with van der Waals surface area (Å²) in [4.78, 5) is 56.1. The van der Waals surface area contributed by atoms with E-state index in [1.807, 2.05) is 44.2 Å². The molecule has 6 rings (SSSR count). The second-order valence-corrected chi connectivity index (χ2v) is 12.7. The highest BCUT2D eigenvalue weighted by Crippen LogP contribution is 2.54. The molecule has 3 atom stereocenters. The molecule has 3 amide bonds. The van der Waals surface area contributed by atoms with Crippen LogP contribution >= 0.6 is 23.1 Å². The third-order valence-corrected chi connectivity index (χ3v) is 10.3. The van der Waals surface area contributed by atoms with Crippen molar-refractivity contribution >= 4 is 52.2 Å². The molecule has 3 aromatic carbocycles. The third-order valence-electron chi connectivity index (χ3n) is 7.75. The lowest BCUT2D eigenvalue weighted by Gasteiger charge is -2.31. The van der Waals surface area contributed by atoms with E-state index in [1.165, 1.54) is 35.4 Å². The van der Waals surface area contributed by atoms with Crippen molar-refractivity contribution in [2.75, 3.05) is 24.4 Å². The minimum Gasteiger partial charge on any atom is -0.493 e. The van der Waals surface area contributed by atoms with Crippen LogP contribution in [-0.4, -0.2) is 41.8 Å². The second kappa shape index (κ2) is 11.4. The zero-order chi connectivity index (χ0) is 30.4. The lowest BCUT2D eigenvalue weighted by Crippen LogP contribution is -2.33. The first-order chi connectivity index (χ1) is 20.7. The molecular weight excluding hydrogens is 587 g/mol. The van der Waals surface area contributed by atoms with Gasteiger partial charge in [0.2, 0.25) is 17.7 Å². The van der Waals surface area contributed by atoms with Gasteiger partial charge in [-0.2, -0.15) is 0 Å². The van der Waals surface area contributed by atoms with E-state index in [4.69, 9.17) is 9.47 Å². The first kappa shape index (κ1) is 28.8. The number of fused-ring (bicyclic) bond motifs is 2.